The lowest BCUT2D eigenvalue weighted by Crippen LogP contribution is -2.17. The zero-order valence-corrected chi connectivity index (χ0v) is 10.4. The van der Waals surface area contributed by atoms with Crippen LogP contribution in [0.3, 0.4) is 0 Å². The summed E-state index contributed by atoms with van der Waals surface area (Å²) < 4.78 is 3.27. The molecule has 0 fully saturated rings. The maximum atomic E-state index is 3.62. The smallest absolute Gasteiger partial charge is 0.0679 e. The summed E-state index contributed by atoms with van der Waals surface area (Å²) in [6, 6.07) is 10.9. The summed E-state index contributed by atoms with van der Waals surface area (Å²) in [6.45, 7) is 0. The maximum absolute atomic E-state index is 3.62. The number of fused-ring (bicyclic) bond motifs is 1. The minimum atomic E-state index is 0.430. The Kier molecular flexibility index (Phi) is 2.48. The molecule has 0 radical (unpaired) electrons. The van der Waals surface area contributed by atoms with Crippen LogP contribution in [0.1, 0.15) is 23.6 Å². The second kappa shape index (κ2) is 3.98. The van der Waals surface area contributed by atoms with Crippen molar-refractivity contribution in [2.45, 2.75) is 18.9 Å². The van der Waals surface area contributed by atoms with Gasteiger partial charge in [-0.05, 0) is 42.2 Å². The fraction of sp³-hybridized carbons (Fsp3) is 0.231. The summed E-state index contributed by atoms with van der Waals surface area (Å²) in [5.74, 6) is 0. The largest absolute Gasteiger partial charge is 0.319 e. The summed E-state index contributed by atoms with van der Waals surface area (Å²) in [6.07, 6.45) is 6.39. The van der Waals surface area contributed by atoms with Gasteiger partial charge in [-0.25, -0.2) is 0 Å². The normalized spacial score (nSPS) is 18.4. The van der Waals surface area contributed by atoms with Crippen molar-refractivity contribution in [3.05, 3.63) is 58.3 Å². The molecule has 0 amide bonds. The summed E-state index contributed by atoms with van der Waals surface area (Å²) in [5.41, 5.74) is 6.37. The second-order valence-corrected chi connectivity index (χ2v) is 4.97. The molecule has 1 N–H and O–H groups in total. The highest BCUT2D eigenvalue weighted by Crippen LogP contribution is 2.35. The van der Waals surface area contributed by atoms with E-state index in [-0.39, 0.29) is 0 Å². The van der Waals surface area contributed by atoms with E-state index in [1.165, 1.54) is 15.6 Å². The Morgan fingerprint density at radius 1 is 1.19 bits per heavy atom. The first kappa shape index (κ1) is 9.97. The average Bonchev–Trinajstić information content (AvgIpc) is 2.90. The van der Waals surface area contributed by atoms with E-state index in [2.05, 4.69) is 39.6 Å². The SMILES string of the molecule is Brc1cccc2c1CCC2Nn1cccc1. The highest BCUT2D eigenvalue weighted by Gasteiger charge is 2.23. The van der Waals surface area contributed by atoms with Crippen molar-refractivity contribution in [2.24, 2.45) is 0 Å². The van der Waals surface area contributed by atoms with Crippen LogP contribution in [0, 0.1) is 0 Å². The lowest BCUT2D eigenvalue weighted by molar-refractivity contribution is 0.665. The van der Waals surface area contributed by atoms with Crippen molar-refractivity contribution in [2.75, 3.05) is 5.43 Å². The molecule has 0 aliphatic heterocycles. The van der Waals surface area contributed by atoms with Crippen LogP contribution >= 0.6 is 15.9 Å². The molecule has 1 aliphatic carbocycles. The van der Waals surface area contributed by atoms with Crippen LogP contribution in [0.5, 0.6) is 0 Å². The van der Waals surface area contributed by atoms with Gasteiger partial charge in [-0.1, -0.05) is 28.1 Å². The van der Waals surface area contributed by atoms with Gasteiger partial charge in [-0.15, -0.1) is 0 Å². The Morgan fingerprint density at radius 3 is 2.81 bits per heavy atom. The monoisotopic (exact) mass is 276 g/mol. The van der Waals surface area contributed by atoms with Gasteiger partial charge in [0.2, 0.25) is 0 Å². The minimum Gasteiger partial charge on any atom is -0.319 e. The van der Waals surface area contributed by atoms with Gasteiger partial charge in [0.05, 0.1) is 6.04 Å². The van der Waals surface area contributed by atoms with Crippen molar-refractivity contribution in [3.63, 3.8) is 0 Å². The first-order valence-corrected chi connectivity index (χ1v) is 6.31. The summed E-state index contributed by atoms with van der Waals surface area (Å²) >= 11 is 3.62. The molecule has 0 saturated carbocycles. The molecule has 0 saturated heterocycles. The zero-order chi connectivity index (χ0) is 11.0. The van der Waals surface area contributed by atoms with Crippen LogP contribution in [0.2, 0.25) is 0 Å². The van der Waals surface area contributed by atoms with Crippen LogP contribution in [0.15, 0.2) is 47.2 Å². The van der Waals surface area contributed by atoms with Crippen molar-refractivity contribution in [1.29, 1.82) is 0 Å². The Balaban J connectivity index is 1.89. The van der Waals surface area contributed by atoms with E-state index in [1.54, 1.807) is 0 Å². The van der Waals surface area contributed by atoms with Crippen LogP contribution in [0.4, 0.5) is 0 Å². The minimum absolute atomic E-state index is 0.430. The molecule has 1 heterocycles. The average molecular weight is 277 g/mol. The molecule has 16 heavy (non-hydrogen) atoms. The van der Waals surface area contributed by atoms with Gasteiger partial charge in [0.25, 0.3) is 0 Å². The molecule has 2 aromatic rings. The zero-order valence-electron chi connectivity index (χ0n) is 8.86. The van der Waals surface area contributed by atoms with Crippen molar-refractivity contribution in [1.82, 2.24) is 4.68 Å². The van der Waals surface area contributed by atoms with Crippen LogP contribution < -0.4 is 5.43 Å². The van der Waals surface area contributed by atoms with E-state index in [1.807, 2.05) is 29.2 Å². The molecule has 3 rings (SSSR count). The second-order valence-electron chi connectivity index (χ2n) is 4.12. The Labute approximate surface area is 103 Å². The molecule has 1 aromatic carbocycles. The van der Waals surface area contributed by atoms with Gasteiger partial charge in [0.1, 0.15) is 0 Å². The quantitative estimate of drug-likeness (QED) is 0.889. The molecule has 3 heteroatoms. The molecule has 82 valence electrons. The van der Waals surface area contributed by atoms with Crippen LogP contribution in [-0.4, -0.2) is 4.68 Å². The number of aromatic nitrogens is 1. The number of rotatable bonds is 2. The number of nitrogens with one attached hydrogen (secondary N) is 1. The molecular formula is C13H13BrN2. The summed E-state index contributed by atoms with van der Waals surface area (Å²) in [5, 5.41) is 0. The molecule has 0 bridgehead atoms. The molecule has 2 nitrogen and oxygen atoms in total. The van der Waals surface area contributed by atoms with Gasteiger partial charge in [0, 0.05) is 16.9 Å². The fourth-order valence-electron chi connectivity index (χ4n) is 2.34. The van der Waals surface area contributed by atoms with Gasteiger partial charge in [-0.3, -0.25) is 4.68 Å². The first-order chi connectivity index (χ1) is 7.84. The first-order valence-electron chi connectivity index (χ1n) is 5.51. The lowest BCUT2D eigenvalue weighted by Gasteiger charge is -2.16. The van der Waals surface area contributed by atoms with Gasteiger partial charge in [-0.2, -0.15) is 0 Å². The van der Waals surface area contributed by atoms with Crippen LogP contribution in [0.25, 0.3) is 0 Å². The van der Waals surface area contributed by atoms with E-state index < -0.39 is 0 Å². The molecule has 1 aromatic heterocycles. The molecule has 1 unspecified atom stereocenters. The third kappa shape index (κ3) is 1.65. The van der Waals surface area contributed by atoms with E-state index in [4.69, 9.17) is 0 Å². The predicted molar refractivity (Wildman–Crippen MR) is 69.0 cm³/mol. The van der Waals surface area contributed by atoms with Gasteiger partial charge >= 0.3 is 0 Å². The van der Waals surface area contributed by atoms with Crippen LogP contribution in [-0.2, 0) is 6.42 Å². The van der Waals surface area contributed by atoms with Crippen molar-refractivity contribution in [3.8, 4) is 0 Å². The Bertz CT molecular complexity index is 491. The van der Waals surface area contributed by atoms with E-state index in [0.717, 1.165) is 12.8 Å². The maximum Gasteiger partial charge on any atom is 0.0679 e. The standard InChI is InChI=1S/C13H13BrN2/c14-12-5-3-4-11-10(12)6-7-13(11)15-16-8-1-2-9-16/h1-5,8-9,13,15H,6-7H2. The number of nitrogens with zero attached hydrogens (tertiary/aromatic N) is 1. The number of benzene rings is 1. The Morgan fingerprint density at radius 2 is 2.00 bits per heavy atom. The molecular weight excluding hydrogens is 264 g/mol. The Hall–Kier alpha value is -1.22. The van der Waals surface area contributed by atoms with Gasteiger partial charge < -0.3 is 5.43 Å². The lowest BCUT2D eigenvalue weighted by atomic mass is 10.1. The van der Waals surface area contributed by atoms with Crippen molar-refractivity contribution < 1.29 is 0 Å². The number of hydrogen-bond acceptors (Lipinski definition) is 1. The van der Waals surface area contributed by atoms with E-state index in [9.17, 15) is 0 Å². The molecule has 0 spiro atoms. The van der Waals surface area contributed by atoms with E-state index in [0.29, 0.717) is 6.04 Å². The third-order valence-electron chi connectivity index (χ3n) is 3.12. The highest BCUT2D eigenvalue weighted by molar-refractivity contribution is 9.10. The molecule has 1 atom stereocenters. The summed E-state index contributed by atoms with van der Waals surface area (Å²) in [4.78, 5) is 0. The summed E-state index contributed by atoms with van der Waals surface area (Å²) in [7, 11) is 0. The fourth-order valence-corrected chi connectivity index (χ4v) is 2.92. The topological polar surface area (TPSA) is 17.0 Å². The highest BCUT2D eigenvalue weighted by atomic mass is 79.9. The number of hydrogen-bond donors (Lipinski definition) is 1. The van der Waals surface area contributed by atoms with Crippen molar-refractivity contribution >= 4 is 15.9 Å². The van der Waals surface area contributed by atoms with E-state index >= 15 is 0 Å². The van der Waals surface area contributed by atoms with Gasteiger partial charge in [0.15, 0.2) is 0 Å². The molecule has 1 aliphatic rings. The third-order valence-corrected chi connectivity index (χ3v) is 3.87. The predicted octanol–water partition coefficient (Wildman–Crippen LogP) is 3.48. The number of halogens is 1.